The maximum Gasteiger partial charge on any atom is 0.156 e. The summed E-state index contributed by atoms with van der Waals surface area (Å²) in [6, 6.07) is 6.52. The molecule has 0 fully saturated rings. The lowest BCUT2D eigenvalue weighted by Gasteiger charge is -2.24. The first-order chi connectivity index (χ1) is 8.98. The van der Waals surface area contributed by atoms with E-state index in [0.717, 1.165) is 18.7 Å². The predicted octanol–water partition coefficient (Wildman–Crippen LogP) is 4.90. The molecule has 0 aliphatic carbocycles. The van der Waals surface area contributed by atoms with Gasteiger partial charge in [-0.3, -0.25) is 0 Å². The molecule has 0 aliphatic rings. The maximum atomic E-state index is 6.99. The summed E-state index contributed by atoms with van der Waals surface area (Å²) in [5.74, 6) is 0.996. The van der Waals surface area contributed by atoms with Crippen molar-refractivity contribution in [2.75, 3.05) is 0 Å². The van der Waals surface area contributed by atoms with Crippen LogP contribution in [0.1, 0.15) is 54.0 Å². The fourth-order valence-corrected chi connectivity index (χ4v) is 1.88. The van der Waals surface area contributed by atoms with E-state index in [1.165, 1.54) is 11.1 Å². The summed E-state index contributed by atoms with van der Waals surface area (Å²) in [7, 11) is 0. The fourth-order valence-electron chi connectivity index (χ4n) is 1.88. The van der Waals surface area contributed by atoms with Crippen LogP contribution in [0.15, 0.2) is 18.2 Å². The molecule has 0 bridgehead atoms. The van der Waals surface area contributed by atoms with Gasteiger partial charge in [-0.1, -0.05) is 32.9 Å². The van der Waals surface area contributed by atoms with Gasteiger partial charge in [0.05, 0.1) is 0 Å². The SMILES string of the molecule is Cc1cc(CC(C)(C)C)ccc1OC(C)(C)C.[2H]C#N. The zero-order valence-corrected chi connectivity index (χ0v) is 13.3. The van der Waals surface area contributed by atoms with Gasteiger partial charge in [-0.05, 0) is 56.7 Å². The van der Waals surface area contributed by atoms with Crippen LogP contribution in [0.25, 0.3) is 0 Å². The second kappa shape index (κ2) is 6.61. The van der Waals surface area contributed by atoms with E-state index in [1.807, 2.05) is 0 Å². The highest BCUT2D eigenvalue weighted by Gasteiger charge is 2.15. The van der Waals surface area contributed by atoms with E-state index in [0.29, 0.717) is 5.41 Å². The molecular weight excluding hydrogens is 234 g/mol. The van der Waals surface area contributed by atoms with Crippen LogP contribution in [-0.4, -0.2) is 5.60 Å². The van der Waals surface area contributed by atoms with Crippen LogP contribution >= 0.6 is 0 Å². The smallest absolute Gasteiger partial charge is 0.156 e. The Morgan fingerprint density at radius 1 is 1.21 bits per heavy atom. The van der Waals surface area contributed by atoms with Crippen LogP contribution in [0.5, 0.6) is 5.75 Å². The number of ether oxygens (including phenoxy) is 1. The zero-order chi connectivity index (χ0) is 16.0. The van der Waals surface area contributed by atoms with Gasteiger partial charge in [-0.2, -0.15) is 0 Å². The molecule has 0 saturated carbocycles. The Bertz CT molecular complexity index is 461. The Balaban J connectivity index is 0.00000110. The molecule has 0 atom stereocenters. The molecule has 0 N–H and O–H groups in total. The van der Waals surface area contributed by atoms with E-state index in [4.69, 9.17) is 11.4 Å². The molecular formula is C17H27NO. The van der Waals surface area contributed by atoms with E-state index in [1.54, 1.807) is 0 Å². The topological polar surface area (TPSA) is 33.0 Å². The molecule has 0 unspecified atom stereocenters. The molecule has 0 aromatic heterocycles. The summed E-state index contributed by atoms with van der Waals surface area (Å²) in [5.41, 5.74) is 2.81. The molecule has 0 amide bonds. The van der Waals surface area contributed by atoms with E-state index in [-0.39, 0.29) is 5.60 Å². The molecule has 2 nitrogen and oxygen atoms in total. The number of nitriles is 1. The van der Waals surface area contributed by atoms with Crippen molar-refractivity contribution in [2.45, 2.75) is 60.5 Å². The first-order valence-electron chi connectivity index (χ1n) is 7.08. The normalized spacial score (nSPS) is 11.8. The molecule has 19 heavy (non-hydrogen) atoms. The van der Waals surface area contributed by atoms with Gasteiger partial charge in [0.15, 0.2) is 1.37 Å². The summed E-state index contributed by atoms with van der Waals surface area (Å²) in [6.45, 7) is 16.2. The number of benzene rings is 1. The number of hydrogen-bond acceptors (Lipinski definition) is 2. The van der Waals surface area contributed by atoms with Crippen molar-refractivity contribution in [1.82, 2.24) is 0 Å². The lowest BCUT2D eigenvalue weighted by Crippen LogP contribution is -2.23. The van der Waals surface area contributed by atoms with Gasteiger partial charge in [0, 0.05) is 6.55 Å². The third kappa shape index (κ3) is 7.51. The Morgan fingerprint density at radius 2 is 1.74 bits per heavy atom. The second-order valence-corrected chi connectivity index (χ2v) is 7.05. The fraction of sp³-hybridized carbons (Fsp3) is 0.588. The third-order valence-electron chi connectivity index (χ3n) is 2.39. The van der Waals surface area contributed by atoms with Gasteiger partial charge < -0.3 is 4.74 Å². The average Bonchev–Trinajstić information content (AvgIpc) is 2.19. The van der Waals surface area contributed by atoms with Crippen LogP contribution in [0, 0.1) is 24.1 Å². The summed E-state index contributed by atoms with van der Waals surface area (Å²) in [4.78, 5) is 0. The highest BCUT2D eigenvalue weighted by Crippen LogP contribution is 2.27. The first-order valence-corrected chi connectivity index (χ1v) is 6.58. The van der Waals surface area contributed by atoms with Crippen LogP contribution in [0.3, 0.4) is 0 Å². The van der Waals surface area contributed by atoms with Crippen molar-refractivity contribution in [2.24, 2.45) is 5.41 Å². The highest BCUT2D eigenvalue weighted by molar-refractivity contribution is 5.37. The quantitative estimate of drug-likeness (QED) is 0.759. The third-order valence-corrected chi connectivity index (χ3v) is 2.39. The number of aryl methyl sites for hydroxylation is 1. The lowest BCUT2D eigenvalue weighted by atomic mass is 9.87. The minimum absolute atomic E-state index is 0.129. The van der Waals surface area contributed by atoms with Crippen LogP contribution in [-0.2, 0) is 6.42 Å². The van der Waals surface area contributed by atoms with Gasteiger partial charge in [0.25, 0.3) is 0 Å². The summed E-state index contributed by atoms with van der Waals surface area (Å²) < 4.78 is 11.4. The minimum Gasteiger partial charge on any atom is -0.488 e. The summed E-state index contributed by atoms with van der Waals surface area (Å²) >= 11 is 0. The van der Waals surface area contributed by atoms with Crippen LogP contribution in [0.2, 0.25) is 0 Å². The lowest BCUT2D eigenvalue weighted by molar-refractivity contribution is 0.130. The molecule has 0 heterocycles. The molecule has 0 spiro atoms. The monoisotopic (exact) mass is 262 g/mol. The molecule has 2 heteroatoms. The number of nitrogens with zero attached hydrogens (tertiary/aromatic N) is 1. The standard InChI is InChI=1S/C16H26O.CHN/c1-12-10-13(11-15(2,3)4)8-9-14(12)17-16(5,6)7;1-2/h8-10H,11H2,1-7H3;1H/i;1D. The van der Waals surface area contributed by atoms with Crippen molar-refractivity contribution in [3.8, 4) is 12.3 Å². The van der Waals surface area contributed by atoms with Crippen LogP contribution in [0.4, 0.5) is 0 Å². The highest BCUT2D eigenvalue weighted by atomic mass is 16.5. The van der Waals surface area contributed by atoms with E-state index in [9.17, 15) is 0 Å². The van der Waals surface area contributed by atoms with Crippen molar-refractivity contribution in [1.29, 1.82) is 5.26 Å². The van der Waals surface area contributed by atoms with Gasteiger partial charge in [0.1, 0.15) is 11.4 Å². The van der Waals surface area contributed by atoms with Gasteiger partial charge in [-0.15, -0.1) is 0 Å². The molecule has 106 valence electrons. The predicted molar refractivity (Wildman–Crippen MR) is 81.4 cm³/mol. The number of rotatable bonds is 2. The van der Waals surface area contributed by atoms with Gasteiger partial charge in [-0.25, -0.2) is 5.26 Å². The van der Waals surface area contributed by atoms with Crippen molar-refractivity contribution >= 4 is 0 Å². The Labute approximate surface area is 119 Å². The van der Waals surface area contributed by atoms with Gasteiger partial charge in [0.2, 0.25) is 0 Å². The first kappa shape index (κ1) is 15.6. The summed E-state index contributed by atoms with van der Waals surface area (Å²) in [5, 5.41) is 6.99. The molecule has 1 aromatic rings. The van der Waals surface area contributed by atoms with E-state index in [2.05, 4.69) is 66.7 Å². The van der Waals surface area contributed by atoms with Crippen molar-refractivity contribution in [3.63, 3.8) is 0 Å². The van der Waals surface area contributed by atoms with Crippen molar-refractivity contribution in [3.05, 3.63) is 29.3 Å². The van der Waals surface area contributed by atoms with Gasteiger partial charge >= 0.3 is 0 Å². The Kier molecular flexibility index (Phi) is 5.42. The second-order valence-electron chi connectivity index (χ2n) is 7.05. The molecule has 0 saturated heterocycles. The number of hydrogen-bond donors (Lipinski definition) is 0. The Hall–Kier alpha value is -1.49. The molecule has 0 radical (unpaired) electrons. The summed E-state index contributed by atoms with van der Waals surface area (Å²) in [6.07, 6.45) is 1.10. The van der Waals surface area contributed by atoms with E-state index < -0.39 is 0 Å². The zero-order valence-electron chi connectivity index (χ0n) is 14.3. The molecule has 0 aliphatic heterocycles. The molecule has 1 rings (SSSR count). The van der Waals surface area contributed by atoms with Crippen molar-refractivity contribution < 1.29 is 6.11 Å². The largest absolute Gasteiger partial charge is 0.488 e. The van der Waals surface area contributed by atoms with Crippen LogP contribution < -0.4 is 4.74 Å². The van der Waals surface area contributed by atoms with E-state index >= 15 is 0 Å². The Morgan fingerprint density at radius 3 is 2.11 bits per heavy atom. The average molecular weight is 262 g/mol. The maximum absolute atomic E-state index is 6.99. The molecule has 1 aromatic carbocycles. The minimum atomic E-state index is -0.129.